The Balaban J connectivity index is -0.000000275. The molecule has 0 saturated carbocycles. The zero-order valence-electron chi connectivity index (χ0n) is 74.9. The lowest BCUT2D eigenvalue weighted by Crippen LogP contribution is -2.30. The van der Waals surface area contributed by atoms with Gasteiger partial charge in [0, 0.05) is 55.9 Å². The molecule has 0 saturated heterocycles. The van der Waals surface area contributed by atoms with Gasteiger partial charge in [0.05, 0.1) is 12.0 Å². The first-order chi connectivity index (χ1) is 53.0. The lowest BCUT2D eigenvalue weighted by atomic mass is 9.95. The molecule has 0 N–H and O–H groups in total. The van der Waals surface area contributed by atoms with E-state index in [-0.39, 0.29) is 5.13 Å². The van der Waals surface area contributed by atoms with E-state index in [0.717, 1.165) is 179 Å². The molecule has 1 unspecified atom stereocenters. The highest BCUT2D eigenvalue weighted by Gasteiger charge is 2.11. The minimum atomic E-state index is -0.131. The third kappa shape index (κ3) is 83.0. The predicted octanol–water partition coefficient (Wildman–Crippen LogP) is 15.4. The van der Waals surface area contributed by atoms with Crippen molar-refractivity contribution < 1.29 is 8.81 Å². The molecule has 0 aliphatic heterocycles. The van der Waals surface area contributed by atoms with E-state index >= 15 is 0 Å². The number of hydrogen-bond donors (Lipinski definition) is 0. The highest BCUT2D eigenvalue weighted by Crippen LogP contribution is 2.16. The molecule has 112 heavy (non-hydrogen) atoms. The van der Waals surface area contributed by atoms with E-state index in [9.17, 15) is 4.39 Å². The summed E-state index contributed by atoms with van der Waals surface area (Å²) in [6, 6.07) is 34.0. The van der Waals surface area contributed by atoms with Crippen molar-refractivity contribution in [1.82, 2.24) is 62.7 Å². The molecular formula is C83H148B12FN13OS2. The molecule has 0 amide bonds. The molecule has 606 valence electrons. The van der Waals surface area contributed by atoms with Crippen molar-refractivity contribution in [1.29, 1.82) is 0 Å². The van der Waals surface area contributed by atoms with Crippen LogP contribution in [0.2, 0.25) is 0 Å². The molecule has 0 aliphatic rings. The summed E-state index contributed by atoms with van der Waals surface area (Å²) in [7, 11) is 66.5. The van der Waals surface area contributed by atoms with Crippen molar-refractivity contribution >= 4 is 118 Å². The molecule has 4 heterocycles. The van der Waals surface area contributed by atoms with Gasteiger partial charge < -0.3 is 62.1 Å². The second-order valence-corrected chi connectivity index (χ2v) is 29.9. The van der Waals surface area contributed by atoms with Crippen molar-refractivity contribution in [2.45, 2.75) is 224 Å². The Morgan fingerprint density at radius 2 is 0.857 bits per heavy atom. The summed E-state index contributed by atoms with van der Waals surface area (Å²) in [4.78, 5) is 26.8. The maximum Gasteiger partial charge on any atom is 0.183 e. The fraction of sp³-hybridized carbons (Fsp3) is 0.651. The van der Waals surface area contributed by atoms with E-state index in [4.69, 9.17) is 100 Å². The van der Waals surface area contributed by atoms with Crippen LogP contribution in [0.5, 0.6) is 0 Å². The number of aryl methyl sites for hydroxylation is 1. The SMILES string of the molecule is [B]N(CC)CC.[B]N(CC)CC(C)(C)C.[B]N(CC)CC(C)C.[B]N(CC)CC(C)CC.[B]N(CC)CCC.[B]N(CC)CCCC.[B]N(CC)Cc1ccccc1.[B]N(CC)Cc1ccccc1C.[B]N(CC)Cc1ccccn1.[B]N(CC)Cc1ccco1.[B]N(CC)Cc1cccs1.[B]N(CC)Cc1ccsc1F. The number of hydrogen-bond acceptors (Lipinski definition) is 16. The molecule has 0 aliphatic carbocycles. The van der Waals surface area contributed by atoms with E-state index in [1.807, 2.05) is 139 Å². The molecule has 4 aromatic heterocycles. The van der Waals surface area contributed by atoms with Crippen LogP contribution in [-0.4, -0.2) is 276 Å². The van der Waals surface area contributed by atoms with Crippen LogP contribution < -0.4 is 0 Å². The van der Waals surface area contributed by atoms with E-state index in [0.29, 0.717) is 30.0 Å². The summed E-state index contributed by atoms with van der Waals surface area (Å²) < 4.78 is 17.9. The first-order valence-electron chi connectivity index (χ1n) is 40.7. The summed E-state index contributed by atoms with van der Waals surface area (Å²) >= 11 is 2.85. The van der Waals surface area contributed by atoms with E-state index in [1.54, 1.807) is 68.9 Å². The van der Waals surface area contributed by atoms with Gasteiger partial charge in [0.1, 0.15) is 5.76 Å². The van der Waals surface area contributed by atoms with Crippen LogP contribution in [0, 0.1) is 29.3 Å². The highest BCUT2D eigenvalue weighted by atomic mass is 32.1. The van der Waals surface area contributed by atoms with Gasteiger partial charge in [0.2, 0.25) is 0 Å². The number of halogens is 1. The number of nitrogens with zero attached hydrogens (tertiary/aromatic N) is 13. The van der Waals surface area contributed by atoms with E-state index in [2.05, 4.69) is 151 Å². The second-order valence-electron chi connectivity index (χ2n) is 28.0. The van der Waals surface area contributed by atoms with Gasteiger partial charge in [-0.05, 0) is 219 Å². The first kappa shape index (κ1) is 119. The molecule has 2 aromatic carbocycles. The summed E-state index contributed by atoms with van der Waals surface area (Å²) in [6.07, 6.45) is 8.23. The molecular weight excluding hydrogens is 1410 g/mol. The number of thiophene rings is 2. The van der Waals surface area contributed by atoms with Gasteiger partial charge in [0.25, 0.3) is 0 Å². The molecule has 6 rings (SSSR count). The molecule has 0 bridgehead atoms. The normalized spacial score (nSPS) is 11.0. The van der Waals surface area contributed by atoms with Gasteiger partial charge >= 0.3 is 0 Å². The number of benzene rings is 2. The van der Waals surface area contributed by atoms with Crippen LogP contribution in [0.1, 0.15) is 217 Å². The van der Waals surface area contributed by atoms with Crippen molar-refractivity contribution in [3.8, 4) is 0 Å². The van der Waals surface area contributed by atoms with Crippen LogP contribution in [0.4, 0.5) is 4.39 Å². The lowest BCUT2D eigenvalue weighted by Gasteiger charge is -2.25. The average Bonchev–Trinajstić information content (AvgIpc) is 1.62. The predicted molar refractivity (Wildman–Crippen MR) is 503 cm³/mol. The molecule has 0 fully saturated rings. The Morgan fingerprint density at radius 1 is 0.402 bits per heavy atom. The summed E-state index contributed by atoms with van der Waals surface area (Å²) in [5.74, 6) is 2.32. The van der Waals surface area contributed by atoms with Gasteiger partial charge in [0.15, 0.2) is 101 Å². The summed E-state index contributed by atoms with van der Waals surface area (Å²) in [5, 5.41) is 3.67. The average molecular weight is 1560 g/mol. The van der Waals surface area contributed by atoms with E-state index < -0.39 is 0 Å². The summed E-state index contributed by atoms with van der Waals surface area (Å²) in [6.45, 7) is 69.3. The monoisotopic (exact) mass is 1560 g/mol. The van der Waals surface area contributed by atoms with Crippen molar-refractivity contribution in [2.75, 3.05) is 118 Å². The van der Waals surface area contributed by atoms with E-state index in [1.165, 1.54) is 40.8 Å². The van der Waals surface area contributed by atoms with Crippen LogP contribution >= 0.6 is 22.7 Å². The third-order valence-electron chi connectivity index (χ3n) is 16.0. The van der Waals surface area contributed by atoms with Crippen molar-refractivity contribution in [3.05, 3.63) is 170 Å². The number of aromatic nitrogens is 1. The van der Waals surface area contributed by atoms with Gasteiger partial charge in [-0.3, -0.25) is 4.98 Å². The standard InChI is InChI=1S/C10H14BN.C9H12BN.C8H11BN2.C7H9BFNS.C7H10BNO.C7H10BNS.2C7H16BN.2C6H14BN.C5H12BN.C4H10BN/c1-3-12(11)8-10-7-5-4-6-9(10)2;1-2-11(10)8-9-6-4-3-5-7-9;1-2-11(9)7-8-5-3-4-6-10-8;1-2-10(8)5-6-3-4-11-7(6)9;2*1-2-9(8)6-7-4-3-5-10-7;1-5-9(8)6-7(2,3)4;1-4-7(3)6-9(8)5-2;1-4-8(7)5-6(2)3;1-3-5-6-8(7)4-2;1-3-5-7(6)4-2;1-3-6(5)4-2/h4-7H,3,8H2,1-2H3;3-7H,2,8H2,1H3;3-6H,2,7H2,1H3;3-4H,2,5H2,1H3;2*3-5H,2,6H2,1H3;5-6H2,1-4H3;7H,4-6H2,1-3H3;6H,4-5H2,1-3H3;3-6H2,1-2H3;3-5H2,1-2H3;3-4H2,1-2H3. The van der Waals surface area contributed by atoms with Gasteiger partial charge in [-0.25, -0.2) is 0 Å². The zero-order chi connectivity index (χ0) is 86.7. The smallest absolute Gasteiger partial charge is 0.183 e. The zero-order valence-corrected chi connectivity index (χ0v) is 76.6. The fourth-order valence-corrected chi connectivity index (χ4v) is 9.58. The number of rotatable bonds is 36. The number of unbranched alkanes of at least 4 members (excludes halogenated alkanes) is 1. The van der Waals surface area contributed by atoms with Gasteiger partial charge in [-0.15, -0.1) is 22.7 Å². The van der Waals surface area contributed by atoms with Crippen LogP contribution in [0.3, 0.4) is 0 Å². The third-order valence-corrected chi connectivity index (χ3v) is 17.6. The Kier molecular flexibility index (Phi) is 88.0. The molecule has 6 aromatic rings. The molecule has 0 spiro atoms. The topological polar surface area (TPSA) is 64.9 Å². The Labute approximate surface area is 714 Å². The minimum Gasteiger partial charge on any atom is -0.468 e. The van der Waals surface area contributed by atoms with Crippen LogP contribution in [-0.2, 0) is 39.3 Å². The molecule has 24 radical (unpaired) electrons. The van der Waals surface area contributed by atoms with Crippen molar-refractivity contribution in [2.24, 2.45) is 17.3 Å². The maximum absolute atomic E-state index is 12.8. The highest BCUT2D eigenvalue weighted by molar-refractivity contribution is 7.09. The lowest BCUT2D eigenvalue weighted by molar-refractivity contribution is 0.299. The quantitative estimate of drug-likeness (QED) is 0.0351. The summed E-state index contributed by atoms with van der Waals surface area (Å²) in [5.41, 5.74) is 5.89. The largest absolute Gasteiger partial charge is 0.468 e. The maximum atomic E-state index is 12.8. The fourth-order valence-electron chi connectivity index (χ4n) is 8.22. The van der Waals surface area contributed by atoms with Crippen LogP contribution in [0.25, 0.3) is 0 Å². The van der Waals surface area contributed by atoms with Gasteiger partial charge in [-0.2, -0.15) is 4.39 Å². The number of furan rings is 1. The van der Waals surface area contributed by atoms with Gasteiger partial charge in [-0.1, -0.05) is 232 Å². The first-order valence-corrected chi connectivity index (χ1v) is 42.5. The minimum absolute atomic E-state index is 0.131. The Morgan fingerprint density at radius 3 is 1.23 bits per heavy atom. The van der Waals surface area contributed by atoms with Crippen LogP contribution in [0.15, 0.2) is 131 Å². The van der Waals surface area contributed by atoms with Crippen molar-refractivity contribution in [3.63, 3.8) is 0 Å². The molecule has 14 nitrogen and oxygen atoms in total. The number of pyridine rings is 1. The molecule has 29 heteroatoms. The second kappa shape index (κ2) is 82.6. The molecule has 1 atom stereocenters. The Bertz CT molecular complexity index is 2700. The Hall–Kier alpha value is -3.50.